The van der Waals surface area contributed by atoms with Crippen LogP contribution in [-0.4, -0.2) is 5.11 Å². The minimum absolute atomic E-state index is 0.0182. The molecule has 1 heterocycles. The first-order valence-electron chi connectivity index (χ1n) is 7.08. The topological polar surface area (TPSA) is 74.2 Å². The van der Waals surface area contributed by atoms with Crippen molar-refractivity contribution in [2.24, 2.45) is 0 Å². The van der Waals surface area contributed by atoms with Gasteiger partial charge in [0.1, 0.15) is 11.3 Å². The first-order valence-corrected chi connectivity index (χ1v) is 7.08. The number of aromatic hydroxyl groups is 1. The lowest BCUT2D eigenvalue weighted by Crippen LogP contribution is -2.08. The third-order valence-corrected chi connectivity index (χ3v) is 3.53. The number of allylic oxidation sites excluding steroid dienone is 1. The van der Waals surface area contributed by atoms with Crippen LogP contribution in [0.2, 0.25) is 0 Å². The molecule has 0 radical (unpaired) electrons. The summed E-state index contributed by atoms with van der Waals surface area (Å²) in [5.41, 5.74) is 1.01. The van der Waals surface area contributed by atoms with Crippen LogP contribution in [0, 0.1) is 11.3 Å². The Labute approximate surface area is 132 Å². The standard InChI is InChI=1S/C19H13NO3/c20-12-14(10-13-6-2-1-3-7-13)11-16-18(21)15-8-4-5-9-17(15)23-19(16)22/h1-10,21H,11H2/b14-10-. The molecule has 0 aliphatic heterocycles. The van der Waals surface area contributed by atoms with E-state index in [1.54, 1.807) is 30.3 Å². The highest BCUT2D eigenvalue weighted by Gasteiger charge is 2.15. The molecule has 2 aromatic carbocycles. The van der Waals surface area contributed by atoms with Crippen LogP contribution >= 0.6 is 0 Å². The Morgan fingerprint density at radius 2 is 1.83 bits per heavy atom. The SMILES string of the molecule is N#C/C(=C\c1ccccc1)Cc1c(O)c2ccccc2oc1=O. The molecule has 0 saturated heterocycles. The number of rotatable bonds is 3. The lowest BCUT2D eigenvalue weighted by Gasteiger charge is -2.05. The highest BCUT2D eigenvalue weighted by molar-refractivity contribution is 5.84. The van der Waals surface area contributed by atoms with E-state index in [2.05, 4.69) is 6.07 Å². The Kier molecular flexibility index (Phi) is 3.94. The smallest absolute Gasteiger partial charge is 0.343 e. The summed E-state index contributed by atoms with van der Waals surface area (Å²) >= 11 is 0. The molecule has 23 heavy (non-hydrogen) atoms. The third-order valence-electron chi connectivity index (χ3n) is 3.53. The minimum Gasteiger partial charge on any atom is -0.507 e. The fraction of sp³-hybridized carbons (Fsp3) is 0.0526. The van der Waals surface area contributed by atoms with Crippen LogP contribution in [-0.2, 0) is 6.42 Å². The van der Waals surface area contributed by atoms with E-state index in [-0.39, 0.29) is 17.7 Å². The van der Waals surface area contributed by atoms with Gasteiger partial charge in [-0.25, -0.2) is 4.79 Å². The van der Waals surface area contributed by atoms with Crippen molar-refractivity contribution in [2.45, 2.75) is 6.42 Å². The Bertz CT molecular complexity index is 979. The van der Waals surface area contributed by atoms with Gasteiger partial charge in [0.05, 0.1) is 17.0 Å². The van der Waals surface area contributed by atoms with Crippen molar-refractivity contribution in [3.05, 3.63) is 81.7 Å². The van der Waals surface area contributed by atoms with Gasteiger partial charge in [-0.1, -0.05) is 42.5 Å². The zero-order valence-electron chi connectivity index (χ0n) is 12.2. The lowest BCUT2D eigenvalue weighted by molar-refractivity contribution is 0.459. The van der Waals surface area contributed by atoms with E-state index in [1.165, 1.54) is 0 Å². The van der Waals surface area contributed by atoms with Crippen molar-refractivity contribution in [2.75, 3.05) is 0 Å². The molecule has 0 fully saturated rings. The van der Waals surface area contributed by atoms with Crippen molar-refractivity contribution in [1.82, 2.24) is 0 Å². The van der Waals surface area contributed by atoms with Crippen LogP contribution in [0.4, 0.5) is 0 Å². The summed E-state index contributed by atoms with van der Waals surface area (Å²) in [6, 6.07) is 18.2. The van der Waals surface area contributed by atoms with Crippen molar-refractivity contribution >= 4 is 17.0 Å². The van der Waals surface area contributed by atoms with Gasteiger partial charge < -0.3 is 9.52 Å². The predicted molar refractivity (Wildman–Crippen MR) is 87.9 cm³/mol. The molecule has 1 N–H and O–H groups in total. The maximum absolute atomic E-state index is 12.1. The third kappa shape index (κ3) is 2.99. The highest BCUT2D eigenvalue weighted by atomic mass is 16.4. The molecule has 3 rings (SSSR count). The van der Waals surface area contributed by atoms with Crippen molar-refractivity contribution in [3.8, 4) is 11.8 Å². The fourth-order valence-corrected chi connectivity index (χ4v) is 2.39. The van der Waals surface area contributed by atoms with Gasteiger partial charge in [0, 0.05) is 12.0 Å². The lowest BCUT2D eigenvalue weighted by atomic mass is 10.0. The van der Waals surface area contributed by atoms with Crippen molar-refractivity contribution in [1.29, 1.82) is 5.26 Å². The van der Waals surface area contributed by atoms with Crippen molar-refractivity contribution < 1.29 is 9.52 Å². The van der Waals surface area contributed by atoms with Crippen LogP contribution in [0.1, 0.15) is 11.1 Å². The summed E-state index contributed by atoms with van der Waals surface area (Å²) in [7, 11) is 0. The average molecular weight is 303 g/mol. The van der Waals surface area contributed by atoms with Crippen LogP contribution in [0.5, 0.6) is 5.75 Å². The molecule has 4 nitrogen and oxygen atoms in total. The van der Waals surface area contributed by atoms with Crippen molar-refractivity contribution in [3.63, 3.8) is 0 Å². The van der Waals surface area contributed by atoms with Gasteiger partial charge in [-0.05, 0) is 23.8 Å². The highest BCUT2D eigenvalue weighted by Crippen LogP contribution is 2.27. The normalized spacial score (nSPS) is 11.3. The van der Waals surface area contributed by atoms with Gasteiger partial charge in [0.15, 0.2) is 0 Å². The van der Waals surface area contributed by atoms with E-state index in [4.69, 9.17) is 4.42 Å². The largest absolute Gasteiger partial charge is 0.507 e. The molecular weight excluding hydrogens is 290 g/mol. The number of fused-ring (bicyclic) bond motifs is 1. The summed E-state index contributed by atoms with van der Waals surface area (Å²) in [6.45, 7) is 0. The zero-order chi connectivity index (χ0) is 16.2. The first kappa shape index (κ1) is 14.6. The second-order valence-electron chi connectivity index (χ2n) is 5.08. The summed E-state index contributed by atoms with van der Waals surface area (Å²) in [5, 5.41) is 20.1. The van der Waals surface area contributed by atoms with Gasteiger partial charge in [-0.2, -0.15) is 5.26 Å². The first-order chi connectivity index (χ1) is 11.2. The number of nitriles is 1. The predicted octanol–water partition coefficient (Wildman–Crippen LogP) is 3.65. The average Bonchev–Trinajstić information content (AvgIpc) is 2.58. The molecular formula is C19H13NO3. The van der Waals surface area contributed by atoms with Crippen LogP contribution in [0.25, 0.3) is 17.0 Å². The molecule has 3 aromatic rings. The molecule has 0 amide bonds. The molecule has 1 aromatic heterocycles. The van der Waals surface area contributed by atoms with Gasteiger partial charge in [0.25, 0.3) is 0 Å². The fourth-order valence-electron chi connectivity index (χ4n) is 2.39. The second-order valence-corrected chi connectivity index (χ2v) is 5.08. The van der Waals surface area contributed by atoms with Gasteiger partial charge in [-0.3, -0.25) is 0 Å². The Morgan fingerprint density at radius 1 is 1.13 bits per heavy atom. The van der Waals surface area contributed by atoms with Crippen LogP contribution in [0.3, 0.4) is 0 Å². The van der Waals surface area contributed by atoms with E-state index in [1.807, 2.05) is 30.3 Å². The van der Waals surface area contributed by atoms with Gasteiger partial charge >= 0.3 is 5.63 Å². The summed E-state index contributed by atoms with van der Waals surface area (Å²) < 4.78 is 5.22. The molecule has 112 valence electrons. The number of nitrogens with zero attached hydrogens (tertiary/aromatic N) is 1. The maximum atomic E-state index is 12.1. The number of benzene rings is 2. The Morgan fingerprint density at radius 3 is 2.57 bits per heavy atom. The molecule has 0 unspecified atom stereocenters. The molecule has 4 heteroatoms. The summed E-state index contributed by atoms with van der Waals surface area (Å²) in [6.07, 6.45) is 1.71. The summed E-state index contributed by atoms with van der Waals surface area (Å²) in [4.78, 5) is 12.1. The van der Waals surface area contributed by atoms with Gasteiger partial charge in [-0.15, -0.1) is 0 Å². The van der Waals surface area contributed by atoms with Gasteiger partial charge in [0.2, 0.25) is 0 Å². The molecule has 0 spiro atoms. The quantitative estimate of drug-likeness (QED) is 0.592. The Balaban J connectivity index is 2.05. The van der Waals surface area contributed by atoms with E-state index in [0.717, 1.165) is 5.56 Å². The summed E-state index contributed by atoms with van der Waals surface area (Å²) in [5.74, 6) is -0.133. The minimum atomic E-state index is -0.629. The van der Waals surface area contributed by atoms with E-state index >= 15 is 0 Å². The number of hydrogen-bond acceptors (Lipinski definition) is 4. The number of para-hydroxylation sites is 1. The molecule has 0 saturated carbocycles. The second kappa shape index (κ2) is 6.20. The van der Waals surface area contributed by atoms with E-state index in [0.29, 0.717) is 16.5 Å². The zero-order valence-corrected chi connectivity index (χ0v) is 12.2. The van der Waals surface area contributed by atoms with E-state index < -0.39 is 5.63 Å². The maximum Gasteiger partial charge on any atom is 0.343 e. The molecule has 0 aliphatic carbocycles. The Hall–Kier alpha value is -3.32. The molecule has 0 bridgehead atoms. The molecule has 0 atom stereocenters. The molecule has 0 aliphatic rings. The monoisotopic (exact) mass is 303 g/mol. The van der Waals surface area contributed by atoms with Crippen LogP contribution in [0.15, 0.2) is 69.4 Å². The van der Waals surface area contributed by atoms with Crippen LogP contribution < -0.4 is 5.63 Å². The number of hydrogen-bond donors (Lipinski definition) is 1. The van der Waals surface area contributed by atoms with E-state index in [9.17, 15) is 15.2 Å².